The van der Waals surface area contributed by atoms with Gasteiger partial charge in [-0.05, 0) is 10.8 Å². The topological polar surface area (TPSA) is 26.0 Å². The number of fused-ring (bicyclic) bond motifs is 6. The highest BCUT2D eigenvalue weighted by Crippen LogP contribution is 2.33. The second kappa shape index (κ2) is 3.36. The predicted octanol–water partition coefficient (Wildman–Crippen LogP) is 2.39. The molecule has 0 saturated heterocycles. The summed E-state index contributed by atoms with van der Waals surface area (Å²) in [4.78, 5) is 4.52. The fourth-order valence-electron chi connectivity index (χ4n) is 2.63. The summed E-state index contributed by atoms with van der Waals surface area (Å²) in [7, 11) is 1.89. The number of rotatable bonds is 0. The van der Waals surface area contributed by atoms with Crippen molar-refractivity contribution in [1.29, 1.82) is 0 Å². The van der Waals surface area contributed by atoms with Gasteiger partial charge in [0.1, 0.15) is 11.3 Å². The van der Waals surface area contributed by atoms with Crippen LogP contribution in [0.1, 0.15) is 0 Å². The molecule has 0 amide bonds. The van der Waals surface area contributed by atoms with Gasteiger partial charge in [-0.2, -0.15) is 0 Å². The van der Waals surface area contributed by atoms with E-state index in [-0.39, 0.29) is 0 Å². The molecule has 0 fully saturated rings. The van der Waals surface area contributed by atoms with Crippen LogP contribution in [0, 0.1) is 0 Å². The van der Waals surface area contributed by atoms with Gasteiger partial charge in [0.15, 0.2) is 5.58 Å². The zero-order valence-corrected chi connectivity index (χ0v) is 9.97. The van der Waals surface area contributed by atoms with Gasteiger partial charge in [-0.15, -0.1) is 0 Å². The van der Waals surface area contributed by atoms with Crippen molar-refractivity contribution in [2.24, 2.45) is 0 Å². The molecule has 3 aromatic carbocycles. The van der Waals surface area contributed by atoms with E-state index in [2.05, 4.69) is 41.4 Å². The maximum Gasteiger partial charge on any atom is 0.212 e. The van der Waals surface area contributed by atoms with Crippen LogP contribution in [0.4, 0.5) is 0 Å². The molecule has 84 valence electrons. The molecule has 0 unspecified atom stereocenters. The first-order chi connectivity index (χ1) is 8.84. The van der Waals surface area contributed by atoms with E-state index in [1.54, 1.807) is 0 Å². The van der Waals surface area contributed by atoms with Crippen LogP contribution < -0.4 is 5.79 Å². The minimum absolute atomic E-state index is 0.714. The van der Waals surface area contributed by atoms with Crippen LogP contribution in [-0.2, 0) is 0 Å². The average Bonchev–Trinajstić information content (AvgIpc) is 2.81. The van der Waals surface area contributed by atoms with Crippen LogP contribution >= 0.6 is 0 Å². The minimum atomic E-state index is 0.714. The Morgan fingerprint density at radius 3 is 2.06 bits per heavy atom. The Bertz CT molecular complexity index is 822. The molecule has 2 nitrogen and oxygen atoms in total. The predicted molar refractivity (Wildman–Crippen MR) is 77.2 cm³/mol. The third-order valence-electron chi connectivity index (χ3n) is 3.38. The normalized spacial score (nSPS) is 11.6. The monoisotopic (exact) mass is 231 g/mol. The fraction of sp³-hybridized carbons (Fsp3) is 0. The molecule has 1 aromatic heterocycles. The smallest absolute Gasteiger partial charge is 0.212 e. The summed E-state index contributed by atoms with van der Waals surface area (Å²) in [5, 5.41) is 4.74. The van der Waals surface area contributed by atoms with Gasteiger partial charge in [0.05, 0.1) is 0 Å². The van der Waals surface area contributed by atoms with Crippen LogP contribution in [0.5, 0.6) is 0 Å². The standard InChI is InChI=1S/C15H10BNO/c16-15-17-13-11-7-3-1-5-9(11)10-6-2-4-8-12(10)14(13)18-15/h1-8H,16H2. The third-order valence-corrected chi connectivity index (χ3v) is 3.38. The molecule has 0 radical (unpaired) electrons. The van der Waals surface area contributed by atoms with Crippen LogP contribution in [0.25, 0.3) is 32.6 Å². The molecule has 0 N–H and O–H groups in total. The maximum atomic E-state index is 5.78. The van der Waals surface area contributed by atoms with Crippen LogP contribution in [0.15, 0.2) is 52.9 Å². The van der Waals surface area contributed by atoms with E-state index < -0.39 is 0 Å². The summed E-state index contributed by atoms with van der Waals surface area (Å²) < 4.78 is 5.78. The van der Waals surface area contributed by atoms with Gasteiger partial charge >= 0.3 is 0 Å². The SMILES string of the molecule is Bc1nc2c3ccccc3c3ccccc3c2o1. The fourth-order valence-corrected chi connectivity index (χ4v) is 2.63. The van der Waals surface area contributed by atoms with Gasteiger partial charge in [0.25, 0.3) is 0 Å². The first kappa shape index (κ1) is 9.72. The van der Waals surface area contributed by atoms with Gasteiger partial charge in [-0.25, -0.2) is 4.98 Å². The van der Waals surface area contributed by atoms with Crippen LogP contribution in [0.3, 0.4) is 0 Å². The molecule has 1 heterocycles. The highest BCUT2D eigenvalue weighted by Gasteiger charge is 2.12. The van der Waals surface area contributed by atoms with Gasteiger partial charge in [-0.3, -0.25) is 0 Å². The molecule has 4 rings (SSSR count). The van der Waals surface area contributed by atoms with E-state index >= 15 is 0 Å². The van der Waals surface area contributed by atoms with E-state index in [4.69, 9.17) is 4.42 Å². The van der Waals surface area contributed by atoms with Gasteiger partial charge < -0.3 is 4.42 Å². The van der Waals surface area contributed by atoms with E-state index in [9.17, 15) is 0 Å². The van der Waals surface area contributed by atoms with Crippen molar-refractivity contribution in [2.75, 3.05) is 0 Å². The molecule has 0 aliphatic rings. The average molecular weight is 231 g/mol. The summed E-state index contributed by atoms with van der Waals surface area (Å²) in [6.07, 6.45) is 0. The first-order valence-corrected chi connectivity index (χ1v) is 6.01. The van der Waals surface area contributed by atoms with Crippen molar-refractivity contribution in [2.45, 2.75) is 0 Å². The van der Waals surface area contributed by atoms with E-state index in [1.165, 1.54) is 10.8 Å². The summed E-state index contributed by atoms with van der Waals surface area (Å²) in [5.74, 6) is 0.714. The molecule has 18 heavy (non-hydrogen) atoms. The van der Waals surface area contributed by atoms with Crippen molar-refractivity contribution in [1.82, 2.24) is 4.98 Å². The van der Waals surface area contributed by atoms with Gasteiger partial charge in [0, 0.05) is 10.8 Å². The van der Waals surface area contributed by atoms with Crippen LogP contribution in [-0.4, -0.2) is 12.8 Å². The molecule has 3 heteroatoms. The van der Waals surface area contributed by atoms with Crippen molar-refractivity contribution >= 4 is 46.3 Å². The molecule has 0 atom stereocenters. The minimum Gasteiger partial charge on any atom is -0.451 e. The Morgan fingerprint density at radius 1 is 0.778 bits per heavy atom. The van der Waals surface area contributed by atoms with E-state index in [0.29, 0.717) is 5.79 Å². The van der Waals surface area contributed by atoms with E-state index in [1.807, 2.05) is 20.0 Å². The molecule has 0 bridgehead atoms. The molecular formula is C15H10BNO. The molecule has 0 saturated carbocycles. The highest BCUT2D eigenvalue weighted by atomic mass is 16.3. The molecular weight excluding hydrogens is 221 g/mol. The highest BCUT2D eigenvalue weighted by molar-refractivity contribution is 6.31. The maximum absolute atomic E-state index is 5.78. The Kier molecular flexibility index (Phi) is 1.81. The van der Waals surface area contributed by atoms with E-state index in [0.717, 1.165) is 21.9 Å². The molecule has 0 aliphatic heterocycles. The van der Waals surface area contributed by atoms with Crippen molar-refractivity contribution in [3.05, 3.63) is 48.5 Å². The number of nitrogens with zero attached hydrogens (tertiary/aromatic N) is 1. The summed E-state index contributed by atoms with van der Waals surface area (Å²) in [6.45, 7) is 0. The van der Waals surface area contributed by atoms with Gasteiger partial charge in [0.2, 0.25) is 7.85 Å². The lowest BCUT2D eigenvalue weighted by atomic mass is 10.0. The zero-order chi connectivity index (χ0) is 12.1. The Balaban J connectivity index is 2.45. The number of benzene rings is 3. The van der Waals surface area contributed by atoms with Crippen LogP contribution in [0.2, 0.25) is 0 Å². The number of hydrogen-bond donors (Lipinski definition) is 0. The van der Waals surface area contributed by atoms with Crippen molar-refractivity contribution < 1.29 is 4.42 Å². The molecule has 0 spiro atoms. The lowest BCUT2D eigenvalue weighted by molar-refractivity contribution is 0.647. The first-order valence-electron chi connectivity index (χ1n) is 6.01. The van der Waals surface area contributed by atoms with Gasteiger partial charge in [-0.1, -0.05) is 48.5 Å². The lowest BCUT2D eigenvalue weighted by Crippen LogP contribution is -1.99. The Hall–Kier alpha value is -2.29. The third kappa shape index (κ3) is 1.16. The second-order valence-electron chi connectivity index (χ2n) is 4.50. The quantitative estimate of drug-likeness (QED) is 0.343. The zero-order valence-electron chi connectivity index (χ0n) is 9.97. The Labute approximate surface area is 105 Å². The number of aromatic nitrogens is 1. The Morgan fingerprint density at radius 2 is 1.33 bits per heavy atom. The number of hydrogen-bond acceptors (Lipinski definition) is 2. The summed E-state index contributed by atoms with van der Waals surface area (Å²) >= 11 is 0. The van der Waals surface area contributed by atoms with Crippen molar-refractivity contribution in [3.63, 3.8) is 0 Å². The van der Waals surface area contributed by atoms with Crippen molar-refractivity contribution in [3.8, 4) is 0 Å². The molecule has 4 aromatic rings. The lowest BCUT2D eigenvalue weighted by Gasteiger charge is -2.04. The largest absolute Gasteiger partial charge is 0.451 e. The number of oxazole rings is 1. The summed E-state index contributed by atoms with van der Waals surface area (Å²) in [5.41, 5.74) is 1.85. The molecule has 0 aliphatic carbocycles. The second-order valence-corrected chi connectivity index (χ2v) is 4.50. The summed E-state index contributed by atoms with van der Waals surface area (Å²) in [6, 6.07) is 16.7.